The lowest BCUT2D eigenvalue weighted by molar-refractivity contribution is -0.119. The van der Waals surface area contributed by atoms with Crippen LogP contribution in [0.1, 0.15) is 24.0 Å². The van der Waals surface area contributed by atoms with E-state index in [-0.39, 0.29) is 11.8 Å². The van der Waals surface area contributed by atoms with Crippen molar-refractivity contribution in [3.05, 3.63) is 96.6 Å². The summed E-state index contributed by atoms with van der Waals surface area (Å²) in [4.78, 5) is 17.2. The number of hydrogen-bond donors (Lipinski definition) is 0. The molecule has 2 nitrogen and oxygen atoms in total. The van der Waals surface area contributed by atoms with E-state index in [1.54, 1.807) is 0 Å². The molecular formula is C23H19NOS. The van der Waals surface area contributed by atoms with Crippen LogP contribution in [0.2, 0.25) is 0 Å². The standard InChI is InChI=1S/C23H19NOS/c1-3-20(19-14-13-16-9-7-8-12-18(16)15-19)23(2)22(25)24-21(26-23)17-10-5-4-6-11-17/h3-15,20H,1H2,2H3/t20-,23-/m1/s1. The highest BCUT2D eigenvalue weighted by Crippen LogP contribution is 2.47. The molecule has 1 aliphatic heterocycles. The number of thioether (sulfide) groups is 1. The molecule has 3 heteroatoms. The first-order valence-electron chi connectivity index (χ1n) is 8.60. The minimum Gasteiger partial charge on any atom is -0.271 e. The maximum atomic E-state index is 12.9. The second kappa shape index (κ2) is 6.58. The van der Waals surface area contributed by atoms with Gasteiger partial charge >= 0.3 is 0 Å². The topological polar surface area (TPSA) is 29.4 Å². The molecule has 128 valence electrons. The Bertz CT molecular complexity index is 1020. The molecule has 0 radical (unpaired) electrons. The van der Waals surface area contributed by atoms with E-state index in [4.69, 9.17) is 0 Å². The fourth-order valence-corrected chi connectivity index (χ4v) is 4.73. The molecule has 0 fully saturated rings. The van der Waals surface area contributed by atoms with Crippen LogP contribution in [0.4, 0.5) is 0 Å². The molecule has 3 aromatic carbocycles. The third-order valence-electron chi connectivity index (χ3n) is 4.92. The van der Waals surface area contributed by atoms with Crippen molar-refractivity contribution in [2.75, 3.05) is 0 Å². The Labute approximate surface area is 157 Å². The molecule has 0 aliphatic carbocycles. The van der Waals surface area contributed by atoms with E-state index in [1.807, 2.05) is 55.5 Å². The summed E-state index contributed by atoms with van der Waals surface area (Å²) in [5.74, 6) is -0.214. The number of carbonyl (C=O) groups excluding carboxylic acids is 1. The molecule has 26 heavy (non-hydrogen) atoms. The van der Waals surface area contributed by atoms with Crippen LogP contribution in [0.3, 0.4) is 0 Å². The Morgan fingerprint density at radius 3 is 2.42 bits per heavy atom. The Hall–Kier alpha value is -2.65. The summed E-state index contributed by atoms with van der Waals surface area (Å²) in [6.45, 7) is 6.00. The van der Waals surface area contributed by atoms with Gasteiger partial charge in [0.2, 0.25) is 0 Å². The van der Waals surface area contributed by atoms with Gasteiger partial charge in [-0.15, -0.1) is 6.58 Å². The summed E-state index contributed by atoms with van der Waals surface area (Å²) in [6.07, 6.45) is 1.87. The molecule has 0 spiro atoms. The fraction of sp³-hybridized carbons (Fsp3) is 0.130. The molecule has 0 saturated carbocycles. The maximum absolute atomic E-state index is 12.9. The van der Waals surface area contributed by atoms with Crippen molar-refractivity contribution in [3.8, 4) is 0 Å². The quantitative estimate of drug-likeness (QED) is 0.570. The molecule has 1 aliphatic rings. The summed E-state index contributed by atoms with van der Waals surface area (Å²) in [5, 5.41) is 3.14. The summed E-state index contributed by atoms with van der Waals surface area (Å²) in [5.41, 5.74) is 2.07. The van der Waals surface area contributed by atoms with Crippen molar-refractivity contribution in [1.82, 2.24) is 0 Å². The highest BCUT2D eigenvalue weighted by molar-refractivity contribution is 8.16. The Morgan fingerprint density at radius 1 is 1.00 bits per heavy atom. The van der Waals surface area contributed by atoms with Crippen molar-refractivity contribution in [2.24, 2.45) is 4.99 Å². The van der Waals surface area contributed by atoms with Gasteiger partial charge in [0.25, 0.3) is 5.91 Å². The zero-order chi connectivity index (χ0) is 18.1. The molecule has 1 amide bonds. The van der Waals surface area contributed by atoms with E-state index in [0.717, 1.165) is 16.2 Å². The Kier molecular flexibility index (Phi) is 4.25. The molecule has 0 aromatic heterocycles. The van der Waals surface area contributed by atoms with Gasteiger partial charge in [-0.2, -0.15) is 0 Å². The predicted octanol–water partition coefficient (Wildman–Crippen LogP) is 5.59. The first kappa shape index (κ1) is 16.8. The van der Waals surface area contributed by atoms with Crippen molar-refractivity contribution in [2.45, 2.75) is 17.6 Å². The van der Waals surface area contributed by atoms with Crippen molar-refractivity contribution in [1.29, 1.82) is 0 Å². The minimum atomic E-state index is -0.685. The van der Waals surface area contributed by atoms with Crippen LogP contribution < -0.4 is 0 Å². The number of hydrogen-bond acceptors (Lipinski definition) is 2. The molecule has 0 saturated heterocycles. The molecule has 0 unspecified atom stereocenters. The van der Waals surface area contributed by atoms with E-state index in [1.165, 1.54) is 22.5 Å². The number of aliphatic imine (C=N–C) groups is 1. The van der Waals surface area contributed by atoms with Gasteiger partial charge in [-0.25, -0.2) is 4.99 Å². The number of allylic oxidation sites excluding steroid dienone is 1. The monoisotopic (exact) mass is 357 g/mol. The highest BCUT2D eigenvalue weighted by Gasteiger charge is 2.47. The first-order valence-corrected chi connectivity index (χ1v) is 9.42. The highest BCUT2D eigenvalue weighted by atomic mass is 32.2. The van der Waals surface area contributed by atoms with Crippen LogP contribution in [-0.4, -0.2) is 15.7 Å². The summed E-state index contributed by atoms with van der Waals surface area (Å²) < 4.78 is -0.685. The average Bonchev–Trinajstić information content (AvgIpc) is 2.98. The lowest BCUT2D eigenvalue weighted by atomic mass is 9.85. The van der Waals surface area contributed by atoms with Crippen LogP contribution in [0.25, 0.3) is 10.8 Å². The van der Waals surface area contributed by atoms with Gasteiger partial charge in [0.15, 0.2) is 0 Å². The Balaban J connectivity index is 1.72. The third-order valence-corrected chi connectivity index (χ3v) is 6.29. The number of rotatable bonds is 4. The number of benzene rings is 3. The molecule has 4 rings (SSSR count). The van der Waals surface area contributed by atoms with Crippen molar-refractivity contribution >= 4 is 33.5 Å². The lowest BCUT2D eigenvalue weighted by Gasteiger charge is -2.29. The van der Waals surface area contributed by atoms with Gasteiger partial charge in [0.05, 0.1) is 0 Å². The molecule has 2 atom stereocenters. The van der Waals surface area contributed by atoms with Crippen molar-refractivity contribution in [3.63, 3.8) is 0 Å². The summed E-state index contributed by atoms with van der Waals surface area (Å²) in [7, 11) is 0. The molecular weight excluding hydrogens is 338 g/mol. The molecule has 0 bridgehead atoms. The summed E-state index contributed by atoms with van der Waals surface area (Å²) >= 11 is 1.54. The van der Waals surface area contributed by atoms with E-state index in [0.29, 0.717) is 0 Å². The van der Waals surface area contributed by atoms with Crippen molar-refractivity contribution < 1.29 is 4.79 Å². The molecule has 0 N–H and O–H groups in total. The summed E-state index contributed by atoms with van der Waals surface area (Å²) in [6, 6.07) is 24.5. The third kappa shape index (κ3) is 2.78. The molecule has 3 aromatic rings. The number of carbonyl (C=O) groups is 1. The molecule has 1 heterocycles. The van der Waals surface area contributed by atoms with Gasteiger partial charge in [0.1, 0.15) is 9.79 Å². The maximum Gasteiger partial charge on any atom is 0.264 e. The second-order valence-electron chi connectivity index (χ2n) is 6.62. The van der Waals surface area contributed by atoms with Crippen LogP contribution in [-0.2, 0) is 4.79 Å². The van der Waals surface area contributed by atoms with Gasteiger partial charge < -0.3 is 0 Å². The lowest BCUT2D eigenvalue weighted by Crippen LogP contribution is -2.34. The number of fused-ring (bicyclic) bond motifs is 1. The zero-order valence-electron chi connectivity index (χ0n) is 14.6. The van der Waals surface area contributed by atoms with Gasteiger partial charge in [-0.1, -0.05) is 90.6 Å². The van der Waals surface area contributed by atoms with E-state index in [9.17, 15) is 4.79 Å². The van der Waals surface area contributed by atoms with Gasteiger partial charge in [-0.3, -0.25) is 4.79 Å². The van der Waals surface area contributed by atoms with Crippen LogP contribution in [0, 0.1) is 0 Å². The van der Waals surface area contributed by atoms with Crippen LogP contribution in [0.15, 0.2) is 90.4 Å². The zero-order valence-corrected chi connectivity index (χ0v) is 15.4. The fourth-order valence-electron chi connectivity index (χ4n) is 3.45. The SMILES string of the molecule is C=C[C@H](c1ccc2ccccc2c1)[C@@]1(C)SC(c2ccccc2)=NC1=O. The Morgan fingerprint density at radius 2 is 1.69 bits per heavy atom. The van der Waals surface area contributed by atoms with Gasteiger partial charge in [0, 0.05) is 11.5 Å². The smallest absolute Gasteiger partial charge is 0.264 e. The number of nitrogens with zero attached hydrogens (tertiary/aromatic N) is 1. The van der Waals surface area contributed by atoms with E-state index < -0.39 is 4.75 Å². The average molecular weight is 357 g/mol. The van der Waals surface area contributed by atoms with E-state index >= 15 is 0 Å². The minimum absolute atomic E-state index is 0.0978. The number of amides is 1. The van der Waals surface area contributed by atoms with Gasteiger partial charge in [-0.05, 0) is 23.3 Å². The van der Waals surface area contributed by atoms with E-state index in [2.05, 4.69) is 41.9 Å². The first-order chi connectivity index (χ1) is 12.6. The van der Waals surface area contributed by atoms with Crippen LogP contribution in [0.5, 0.6) is 0 Å². The van der Waals surface area contributed by atoms with Crippen LogP contribution >= 0.6 is 11.8 Å². The second-order valence-corrected chi connectivity index (χ2v) is 8.06. The predicted molar refractivity (Wildman–Crippen MR) is 111 cm³/mol. The normalized spacial score (nSPS) is 20.8. The largest absolute Gasteiger partial charge is 0.271 e.